The van der Waals surface area contributed by atoms with E-state index in [9.17, 15) is 4.39 Å². The molecule has 0 N–H and O–H groups in total. The van der Waals surface area contributed by atoms with E-state index in [2.05, 4.69) is 0 Å². The van der Waals surface area contributed by atoms with Crippen LogP contribution in [0, 0.1) is 17.1 Å². The molecule has 0 unspecified atom stereocenters. The highest BCUT2D eigenvalue weighted by Gasteiger charge is 2.05. The molecule has 2 nitrogen and oxygen atoms in total. The van der Waals surface area contributed by atoms with Crippen LogP contribution in [-0.2, 0) is 5.75 Å². The molecule has 0 heterocycles. The van der Waals surface area contributed by atoms with Gasteiger partial charge in [-0.25, -0.2) is 4.39 Å². The standard InChI is InChI=1S/C15H12FNOS/c1-18-13-3-2-4-14(8-13)19-10-12-6-5-11(9-17)7-15(12)16/h2-8H,10H2,1H3. The fourth-order valence-electron chi connectivity index (χ4n) is 1.59. The summed E-state index contributed by atoms with van der Waals surface area (Å²) in [6.45, 7) is 0. The normalized spacial score (nSPS) is 9.95. The molecule has 0 aromatic heterocycles. The third kappa shape index (κ3) is 3.49. The largest absolute Gasteiger partial charge is 0.497 e. The first-order valence-corrected chi connectivity index (χ1v) is 6.67. The van der Waals surface area contributed by atoms with Crippen LogP contribution in [0.1, 0.15) is 11.1 Å². The molecule has 0 fully saturated rings. The Balaban J connectivity index is 2.08. The van der Waals surface area contributed by atoms with Crippen molar-refractivity contribution in [3.05, 3.63) is 59.4 Å². The van der Waals surface area contributed by atoms with E-state index in [1.807, 2.05) is 30.3 Å². The molecule has 0 aliphatic carbocycles. The third-order valence-corrected chi connectivity index (χ3v) is 3.66. The fraction of sp³-hybridized carbons (Fsp3) is 0.133. The van der Waals surface area contributed by atoms with Crippen LogP contribution in [0.2, 0.25) is 0 Å². The maximum atomic E-state index is 13.7. The Hall–Kier alpha value is -1.99. The molecule has 0 saturated heterocycles. The molecule has 19 heavy (non-hydrogen) atoms. The molecule has 0 radical (unpaired) electrons. The van der Waals surface area contributed by atoms with Crippen LogP contribution >= 0.6 is 11.8 Å². The molecule has 4 heteroatoms. The average Bonchev–Trinajstić information content (AvgIpc) is 2.46. The maximum Gasteiger partial charge on any atom is 0.128 e. The molecule has 2 rings (SSSR count). The average molecular weight is 273 g/mol. The molecule has 0 bridgehead atoms. The minimum atomic E-state index is -0.338. The van der Waals surface area contributed by atoms with Crippen molar-refractivity contribution in [3.63, 3.8) is 0 Å². The van der Waals surface area contributed by atoms with E-state index in [0.29, 0.717) is 16.9 Å². The zero-order valence-corrected chi connectivity index (χ0v) is 11.2. The lowest BCUT2D eigenvalue weighted by molar-refractivity contribution is 0.413. The minimum absolute atomic E-state index is 0.338. The highest BCUT2D eigenvalue weighted by Crippen LogP contribution is 2.27. The van der Waals surface area contributed by atoms with Gasteiger partial charge in [0.05, 0.1) is 18.7 Å². The van der Waals surface area contributed by atoms with E-state index in [1.165, 1.54) is 17.8 Å². The van der Waals surface area contributed by atoms with Crippen molar-refractivity contribution in [1.82, 2.24) is 0 Å². The number of halogens is 1. The van der Waals surface area contributed by atoms with Crippen LogP contribution < -0.4 is 4.74 Å². The summed E-state index contributed by atoms with van der Waals surface area (Å²) in [6.07, 6.45) is 0. The van der Waals surface area contributed by atoms with Gasteiger partial charge in [-0.3, -0.25) is 0 Å². The maximum absolute atomic E-state index is 13.7. The molecular formula is C15H12FNOS. The smallest absolute Gasteiger partial charge is 0.128 e. The predicted molar refractivity (Wildman–Crippen MR) is 73.7 cm³/mol. The van der Waals surface area contributed by atoms with Crippen molar-refractivity contribution in [2.24, 2.45) is 0 Å². The van der Waals surface area contributed by atoms with Gasteiger partial charge in [0.15, 0.2) is 0 Å². The van der Waals surface area contributed by atoms with Crippen molar-refractivity contribution >= 4 is 11.8 Å². The first-order valence-electron chi connectivity index (χ1n) is 5.68. The SMILES string of the molecule is COc1cccc(SCc2ccc(C#N)cc2F)c1. The summed E-state index contributed by atoms with van der Waals surface area (Å²) >= 11 is 1.53. The lowest BCUT2D eigenvalue weighted by atomic mass is 10.1. The zero-order chi connectivity index (χ0) is 13.7. The molecule has 0 aliphatic rings. The number of hydrogen-bond acceptors (Lipinski definition) is 3. The lowest BCUT2D eigenvalue weighted by Crippen LogP contribution is -1.89. The number of rotatable bonds is 4. The number of thioether (sulfide) groups is 1. The molecule has 0 amide bonds. The first kappa shape index (κ1) is 13.4. The van der Waals surface area contributed by atoms with Crippen LogP contribution in [-0.4, -0.2) is 7.11 Å². The van der Waals surface area contributed by atoms with E-state index in [1.54, 1.807) is 19.2 Å². The Labute approximate surface area is 115 Å². The van der Waals surface area contributed by atoms with E-state index in [-0.39, 0.29) is 5.82 Å². The monoisotopic (exact) mass is 273 g/mol. The molecule has 96 valence electrons. The van der Waals surface area contributed by atoms with Gasteiger partial charge in [0.25, 0.3) is 0 Å². The van der Waals surface area contributed by atoms with Gasteiger partial charge in [0.2, 0.25) is 0 Å². The Kier molecular flexibility index (Phi) is 4.43. The summed E-state index contributed by atoms with van der Waals surface area (Å²) in [5, 5.41) is 8.68. The summed E-state index contributed by atoms with van der Waals surface area (Å²) in [7, 11) is 1.62. The highest BCUT2D eigenvalue weighted by atomic mass is 32.2. The predicted octanol–water partition coefficient (Wildman–Crippen LogP) is 4.00. The number of methoxy groups -OCH3 is 1. The van der Waals surface area contributed by atoms with Crippen LogP contribution in [0.15, 0.2) is 47.4 Å². The molecule has 2 aromatic rings. The third-order valence-electron chi connectivity index (χ3n) is 2.62. The summed E-state index contributed by atoms with van der Waals surface area (Å²) in [5.41, 5.74) is 0.930. The molecule has 0 aliphatic heterocycles. The Morgan fingerprint density at radius 1 is 1.26 bits per heavy atom. The Morgan fingerprint density at radius 3 is 2.79 bits per heavy atom. The van der Waals surface area contributed by atoms with Crippen molar-refractivity contribution in [2.45, 2.75) is 10.6 Å². The molecule has 2 aromatic carbocycles. The van der Waals surface area contributed by atoms with Crippen molar-refractivity contribution < 1.29 is 9.13 Å². The van der Waals surface area contributed by atoms with Gasteiger partial charge in [-0.2, -0.15) is 5.26 Å². The number of hydrogen-bond donors (Lipinski definition) is 0. The number of ether oxygens (including phenoxy) is 1. The molecule has 0 saturated carbocycles. The van der Waals surface area contributed by atoms with Crippen molar-refractivity contribution in [3.8, 4) is 11.8 Å². The molecular weight excluding hydrogens is 261 g/mol. The van der Waals surface area contributed by atoms with E-state index in [4.69, 9.17) is 10.00 Å². The van der Waals surface area contributed by atoms with Gasteiger partial charge in [-0.1, -0.05) is 12.1 Å². The molecule has 0 atom stereocenters. The second-order valence-electron chi connectivity index (χ2n) is 3.89. The van der Waals surface area contributed by atoms with Gasteiger partial charge < -0.3 is 4.74 Å². The second-order valence-corrected chi connectivity index (χ2v) is 4.93. The molecule has 0 spiro atoms. The summed E-state index contributed by atoms with van der Waals surface area (Å²) in [5.74, 6) is 0.963. The number of nitriles is 1. The second kappa shape index (κ2) is 6.26. The zero-order valence-electron chi connectivity index (χ0n) is 10.4. The van der Waals surface area contributed by atoms with E-state index in [0.717, 1.165) is 10.6 Å². The van der Waals surface area contributed by atoms with E-state index >= 15 is 0 Å². The highest BCUT2D eigenvalue weighted by molar-refractivity contribution is 7.98. The summed E-state index contributed by atoms with van der Waals surface area (Å²) in [6, 6.07) is 14.1. The van der Waals surface area contributed by atoms with Gasteiger partial charge >= 0.3 is 0 Å². The topological polar surface area (TPSA) is 33.0 Å². The number of benzene rings is 2. The quantitative estimate of drug-likeness (QED) is 0.789. The Bertz CT molecular complexity index is 622. The first-order chi connectivity index (χ1) is 9.22. The van der Waals surface area contributed by atoms with Gasteiger partial charge in [-0.05, 0) is 35.9 Å². The van der Waals surface area contributed by atoms with Crippen LogP contribution in [0.3, 0.4) is 0 Å². The van der Waals surface area contributed by atoms with Crippen molar-refractivity contribution in [1.29, 1.82) is 5.26 Å². The van der Waals surface area contributed by atoms with Crippen LogP contribution in [0.5, 0.6) is 5.75 Å². The van der Waals surface area contributed by atoms with Gasteiger partial charge in [-0.15, -0.1) is 11.8 Å². The number of nitrogens with zero attached hydrogens (tertiary/aromatic N) is 1. The lowest BCUT2D eigenvalue weighted by Gasteiger charge is -2.05. The summed E-state index contributed by atoms with van der Waals surface area (Å²) in [4.78, 5) is 1.02. The Morgan fingerprint density at radius 2 is 2.11 bits per heavy atom. The van der Waals surface area contributed by atoms with Gasteiger partial charge in [0, 0.05) is 10.6 Å². The van der Waals surface area contributed by atoms with Crippen LogP contribution in [0.4, 0.5) is 4.39 Å². The van der Waals surface area contributed by atoms with E-state index < -0.39 is 0 Å². The fourth-order valence-corrected chi connectivity index (χ4v) is 2.52. The van der Waals surface area contributed by atoms with Crippen LogP contribution in [0.25, 0.3) is 0 Å². The minimum Gasteiger partial charge on any atom is -0.497 e. The summed E-state index contributed by atoms with van der Waals surface area (Å²) < 4.78 is 18.8. The van der Waals surface area contributed by atoms with Gasteiger partial charge in [0.1, 0.15) is 11.6 Å². The van der Waals surface area contributed by atoms with Crippen molar-refractivity contribution in [2.75, 3.05) is 7.11 Å².